The minimum Gasteiger partial charge on any atom is -0.330 e. The highest BCUT2D eigenvalue weighted by Gasteiger charge is 2.45. The lowest BCUT2D eigenvalue weighted by Gasteiger charge is -2.28. The molecule has 1 unspecified atom stereocenters. The average molecular weight is 386 g/mol. The smallest absolute Gasteiger partial charge is 0.262 e. The molecule has 0 aliphatic carbocycles. The van der Waals surface area contributed by atoms with E-state index in [1.807, 2.05) is 6.07 Å². The quantitative estimate of drug-likeness (QED) is 0.593. The first-order valence-corrected chi connectivity index (χ1v) is 9.54. The summed E-state index contributed by atoms with van der Waals surface area (Å²) in [4.78, 5) is 50.4. The minimum absolute atomic E-state index is 0.105. The van der Waals surface area contributed by atoms with Gasteiger partial charge in [-0.3, -0.25) is 29.4 Å². The monoisotopic (exact) mass is 386 g/mol. The van der Waals surface area contributed by atoms with Crippen LogP contribution in [0.4, 0.5) is 0 Å². The highest BCUT2D eigenvalue weighted by Crippen LogP contribution is 2.30. The van der Waals surface area contributed by atoms with Crippen LogP contribution in [-0.2, 0) is 16.1 Å². The van der Waals surface area contributed by atoms with Crippen molar-refractivity contribution in [2.24, 2.45) is 5.73 Å². The fraction of sp³-hybridized carbons (Fsp3) is 0.500. The van der Waals surface area contributed by atoms with Crippen molar-refractivity contribution in [2.75, 3.05) is 6.54 Å². The first-order chi connectivity index (χ1) is 13.2. The van der Waals surface area contributed by atoms with Gasteiger partial charge in [0.25, 0.3) is 11.8 Å². The van der Waals surface area contributed by atoms with Crippen LogP contribution in [0.2, 0.25) is 0 Å². The number of amides is 4. The molecule has 2 heterocycles. The van der Waals surface area contributed by atoms with Crippen molar-refractivity contribution in [2.45, 2.75) is 57.7 Å². The molecule has 8 heteroatoms. The maximum absolute atomic E-state index is 13.0. The Bertz CT molecular complexity index is 833. The molecule has 0 spiro atoms. The van der Waals surface area contributed by atoms with Crippen molar-refractivity contribution in [3.05, 3.63) is 34.9 Å². The summed E-state index contributed by atoms with van der Waals surface area (Å²) in [5.41, 5.74) is 6.76. The van der Waals surface area contributed by atoms with Crippen LogP contribution in [-0.4, -0.2) is 46.7 Å². The average Bonchev–Trinajstić information content (AvgIpc) is 2.90. The lowest BCUT2D eigenvalue weighted by molar-refractivity contribution is -0.136. The van der Waals surface area contributed by atoms with Crippen molar-refractivity contribution in [3.8, 4) is 0 Å². The maximum Gasteiger partial charge on any atom is 0.262 e. The number of nitrogens with one attached hydrogen (secondary N) is 2. The summed E-state index contributed by atoms with van der Waals surface area (Å²) in [5.74, 6) is -1.96. The Balaban J connectivity index is 1.82. The molecule has 1 aromatic carbocycles. The summed E-state index contributed by atoms with van der Waals surface area (Å²) in [6, 6.07) is 4.20. The molecule has 2 aliphatic heterocycles. The first kappa shape index (κ1) is 20.2. The molecule has 8 nitrogen and oxygen atoms in total. The van der Waals surface area contributed by atoms with Gasteiger partial charge in [-0.05, 0) is 51.3 Å². The maximum atomic E-state index is 13.0. The van der Waals surface area contributed by atoms with E-state index in [4.69, 9.17) is 5.73 Å². The van der Waals surface area contributed by atoms with Gasteiger partial charge in [0.05, 0.1) is 11.1 Å². The van der Waals surface area contributed by atoms with Crippen LogP contribution in [0.3, 0.4) is 0 Å². The molecule has 1 saturated heterocycles. The van der Waals surface area contributed by atoms with Gasteiger partial charge >= 0.3 is 0 Å². The summed E-state index contributed by atoms with van der Waals surface area (Å²) >= 11 is 0. The highest BCUT2D eigenvalue weighted by molar-refractivity contribution is 6.24. The van der Waals surface area contributed by atoms with E-state index < -0.39 is 23.8 Å². The number of carbonyl (C=O) groups is 4. The lowest BCUT2D eigenvalue weighted by atomic mass is 9.96. The summed E-state index contributed by atoms with van der Waals surface area (Å²) in [7, 11) is 0. The largest absolute Gasteiger partial charge is 0.330 e. The topological polar surface area (TPSA) is 122 Å². The molecule has 4 N–H and O–H groups in total. The van der Waals surface area contributed by atoms with Crippen LogP contribution in [0.5, 0.6) is 0 Å². The molecule has 0 aromatic heterocycles. The normalized spacial score (nSPS) is 19.8. The molecule has 0 saturated carbocycles. The van der Waals surface area contributed by atoms with Crippen LogP contribution >= 0.6 is 0 Å². The fourth-order valence-corrected chi connectivity index (χ4v) is 3.70. The number of imide groups is 2. The molecular weight excluding hydrogens is 360 g/mol. The molecule has 2 aliphatic rings. The van der Waals surface area contributed by atoms with E-state index in [9.17, 15) is 19.2 Å². The number of nitrogens with two attached hydrogens (primary N) is 1. The summed E-state index contributed by atoms with van der Waals surface area (Å²) < 4.78 is 0. The van der Waals surface area contributed by atoms with Crippen LogP contribution < -0.4 is 16.4 Å². The Kier molecular flexibility index (Phi) is 5.62. The zero-order valence-electron chi connectivity index (χ0n) is 16.2. The number of carbonyl (C=O) groups excluding carboxylic acids is 4. The third-order valence-corrected chi connectivity index (χ3v) is 5.32. The van der Waals surface area contributed by atoms with E-state index >= 15 is 0 Å². The molecule has 0 radical (unpaired) electrons. The Morgan fingerprint density at radius 2 is 1.96 bits per heavy atom. The molecule has 0 bridgehead atoms. The SMILES string of the molecule is CC(C)(CCCN)NCc1cccc2c1C(=O)N(C1CCC(=O)NC1=O)C2=O. The lowest BCUT2D eigenvalue weighted by Crippen LogP contribution is -2.54. The van der Waals surface area contributed by atoms with Gasteiger partial charge in [-0.2, -0.15) is 0 Å². The van der Waals surface area contributed by atoms with Crippen molar-refractivity contribution >= 4 is 23.6 Å². The van der Waals surface area contributed by atoms with E-state index in [2.05, 4.69) is 24.5 Å². The molecule has 1 atom stereocenters. The van der Waals surface area contributed by atoms with Crippen molar-refractivity contribution in [1.82, 2.24) is 15.5 Å². The van der Waals surface area contributed by atoms with Gasteiger partial charge in [0.1, 0.15) is 6.04 Å². The van der Waals surface area contributed by atoms with Gasteiger partial charge in [-0.15, -0.1) is 0 Å². The second-order valence-corrected chi connectivity index (χ2v) is 7.92. The van der Waals surface area contributed by atoms with Gasteiger partial charge in [0, 0.05) is 18.5 Å². The molecule has 1 fully saturated rings. The van der Waals surface area contributed by atoms with Crippen LogP contribution in [0, 0.1) is 0 Å². The summed E-state index contributed by atoms with van der Waals surface area (Å²) in [6.45, 7) is 5.16. The zero-order valence-corrected chi connectivity index (χ0v) is 16.2. The standard InChI is InChI=1S/C20H26N4O4/c1-20(2,9-4-10-21)22-11-12-5-3-6-13-16(12)19(28)24(18(13)27)14-7-8-15(25)23-17(14)26/h3,5-6,14,22H,4,7-11,21H2,1-2H3,(H,23,25,26). The third-order valence-electron chi connectivity index (χ3n) is 5.32. The summed E-state index contributed by atoms with van der Waals surface area (Å²) in [5, 5.41) is 5.63. The van der Waals surface area contributed by atoms with E-state index in [1.54, 1.807) is 12.1 Å². The van der Waals surface area contributed by atoms with Crippen LogP contribution in [0.15, 0.2) is 18.2 Å². The van der Waals surface area contributed by atoms with Gasteiger partial charge in [-0.25, -0.2) is 0 Å². The van der Waals surface area contributed by atoms with E-state index in [1.165, 1.54) is 0 Å². The number of nitrogens with zero attached hydrogens (tertiary/aromatic N) is 1. The number of rotatable bonds is 7. The minimum atomic E-state index is -0.952. The van der Waals surface area contributed by atoms with Crippen molar-refractivity contribution in [1.29, 1.82) is 0 Å². The van der Waals surface area contributed by atoms with Crippen molar-refractivity contribution in [3.63, 3.8) is 0 Å². The van der Waals surface area contributed by atoms with Crippen molar-refractivity contribution < 1.29 is 19.2 Å². The number of piperidine rings is 1. The van der Waals surface area contributed by atoms with E-state index in [0.717, 1.165) is 17.7 Å². The fourth-order valence-electron chi connectivity index (χ4n) is 3.70. The van der Waals surface area contributed by atoms with Gasteiger partial charge in [0.15, 0.2) is 0 Å². The van der Waals surface area contributed by atoms with Gasteiger partial charge < -0.3 is 11.1 Å². The molecule has 28 heavy (non-hydrogen) atoms. The predicted octanol–water partition coefficient (Wildman–Crippen LogP) is 0.695. The Morgan fingerprint density at radius 1 is 1.21 bits per heavy atom. The Morgan fingerprint density at radius 3 is 2.64 bits per heavy atom. The van der Waals surface area contributed by atoms with E-state index in [-0.39, 0.29) is 24.3 Å². The number of benzene rings is 1. The number of hydrogen-bond donors (Lipinski definition) is 3. The Hall–Kier alpha value is -2.58. The van der Waals surface area contributed by atoms with E-state index in [0.29, 0.717) is 29.8 Å². The Labute approximate surface area is 163 Å². The molecule has 4 amide bonds. The molecule has 1 aromatic rings. The van der Waals surface area contributed by atoms with Gasteiger partial charge in [-0.1, -0.05) is 12.1 Å². The molecule has 150 valence electrons. The van der Waals surface area contributed by atoms with Gasteiger partial charge in [0.2, 0.25) is 11.8 Å². The molecule has 3 rings (SSSR count). The second-order valence-electron chi connectivity index (χ2n) is 7.92. The second kappa shape index (κ2) is 7.81. The first-order valence-electron chi connectivity index (χ1n) is 9.54. The number of hydrogen-bond acceptors (Lipinski definition) is 6. The van der Waals surface area contributed by atoms with Crippen LogP contribution in [0.1, 0.15) is 65.8 Å². The molecular formula is C20H26N4O4. The predicted molar refractivity (Wildman–Crippen MR) is 102 cm³/mol. The zero-order chi connectivity index (χ0) is 20.5. The summed E-state index contributed by atoms with van der Waals surface area (Å²) in [6.07, 6.45) is 2.02. The highest BCUT2D eigenvalue weighted by atomic mass is 16.2. The van der Waals surface area contributed by atoms with Crippen LogP contribution in [0.25, 0.3) is 0 Å². The third kappa shape index (κ3) is 3.83. The number of fused-ring (bicyclic) bond motifs is 1.